The highest BCUT2D eigenvalue weighted by atomic mass is 32.2. The van der Waals surface area contributed by atoms with Crippen LogP contribution in [0.25, 0.3) is 16.2 Å². The molecule has 0 amide bonds. The zero-order valence-electron chi connectivity index (χ0n) is 9.32. The first-order valence-electron chi connectivity index (χ1n) is 5.09. The minimum Gasteiger partial charge on any atom is -0.223 e. The van der Waals surface area contributed by atoms with Crippen molar-refractivity contribution in [2.24, 2.45) is 5.14 Å². The van der Waals surface area contributed by atoms with E-state index in [1.165, 1.54) is 16.8 Å². The maximum Gasteiger partial charge on any atom is 0.267 e. The number of aromatic nitrogens is 3. The van der Waals surface area contributed by atoms with Crippen LogP contribution in [0.15, 0.2) is 34.8 Å². The van der Waals surface area contributed by atoms with Crippen LogP contribution < -0.4 is 5.14 Å². The molecule has 0 saturated heterocycles. The summed E-state index contributed by atoms with van der Waals surface area (Å²) in [7, 11) is -3.85. The highest BCUT2D eigenvalue weighted by Crippen LogP contribution is 2.25. The number of fused-ring (bicyclic) bond motifs is 1. The van der Waals surface area contributed by atoms with Crippen LogP contribution in [0.1, 0.15) is 0 Å². The van der Waals surface area contributed by atoms with Crippen LogP contribution >= 0.6 is 11.3 Å². The van der Waals surface area contributed by atoms with E-state index in [9.17, 15) is 12.8 Å². The topological polar surface area (TPSA) is 90.4 Å². The van der Waals surface area contributed by atoms with E-state index in [1.54, 1.807) is 18.2 Å². The largest absolute Gasteiger partial charge is 0.267 e. The van der Waals surface area contributed by atoms with Gasteiger partial charge in [-0.25, -0.2) is 27.4 Å². The molecule has 0 unspecified atom stereocenters. The summed E-state index contributed by atoms with van der Waals surface area (Å²) >= 11 is 0.831. The van der Waals surface area contributed by atoms with Gasteiger partial charge in [-0.3, -0.25) is 0 Å². The van der Waals surface area contributed by atoms with E-state index in [-0.39, 0.29) is 4.34 Å². The predicted molar refractivity (Wildman–Crippen MR) is 67.6 cm³/mol. The van der Waals surface area contributed by atoms with Gasteiger partial charge in [0.15, 0.2) is 0 Å². The van der Waals surface area contributed by atoms with Crippen LogP contribution in [0.2, 0.25) is 0 Å². The van der Waals surface area contributed by atoms with Gasteiger partial charge in [-0.2, -0.15) is 0 Å². The Morgan fingerprint density at radius 3 is 2.68 bits per heavy atom. The van der Waals surface area contributed by atoms with Gasteiger partial charge in [-0.05, 0) is 12.1 Å². The number of sulfonamides is 1. The standard InChI is InChI=1S/C10H7FN4O2S2/c11-7-4-2-1-3-6(7)8-5-15-9(13-8)18-10(14-15)19(12,16)17/h1-5H,(H2,12,16,17). The Bertz CT molecular complexity index is 837. The third-order valence-electron chi connectivity index (χ3n) is 2.42. The lowest BCUT2D eigenvalue weighted by Gasteiger charge is -1.96. The van der Waals surface area contributed by atoms with Crippen molar-refractivity contribution >= 4 is 26.3 Å². The van der Waals surface area contributed by atoms with Crippen LogP contribution in [0.5, 0.6) is 0 Å². The Morgan fingerprint density at radius 2 is 2.05 bits per heavy atom. The normalized spacial score (nSPS) is 12.1. The Labute approximate surface area is 111 Å². The van der Waals surface area contributed by atoms with Gasteiger partial charge in [-0.15, -0.1) is 5.10 Å². The molecule has 0 fully saturated rings. The van der Waals surface area contributed by atoms with Crippen molar-refractivity contribution in [3.63, 3.8) is 0 Å². The van der Waals surface area contributed by atoms with E-state index in [4.69, 9.17) is 5.14 Å². The molecule has 0 aliphatic carbocycles. The maximum absolute atomic E-state index is 13.6. The second-order valence-corrected chi connectivity index (χ2v) is 6.44. The second-order valence-electron chi connectivity index (χ2n) is 3.75. The summed E-state index contributed by atoms with van der Waals surface area (Å²) in [4.78, 5) is 4.47. The summed E-state index contributed by atoms with van der Waals surface area (Å²) in [6.07, 6.45) is 1.46. The van der Waals surface area contributed by atoms with Gasteiger partial charge >= 0.3 is 0 Å². The van der Waals surface area contributed by atoms with Gasteiger partial charge in [0.05, 0.1) is 11.9 Å². The molecule has 6 nitrogen and oxygen atoms in total. The first-order chi connectivity index (χ1) is 8.95. The molecule has 0 aliphatic heterocycles. The van der Waals surface area contributed by atoms with Crippen LogP contribution in [0.3, 0.4) is 0 Å². The SMILES string of the molecule is NS(=O)(=O)c1nn2cc(-c3ccccc3F)nc2s1. The van der Waals surface area contributed by atoms with Crippen molar-refractivity contribution in [3.8, 4) is 11.3 Å². The Morgan fingerprint density at radius 1 is 1.32 bits per heavy atom. The van der Waals surface area contributed by atoms with Gasteiger partial charge in [0, 0.05) is 5.56 Å². The number of nitrogens with two attached hydrogens (primary N) is 1. The van der Waals surface area contributed by atoms with Crippen LogP contribution in [0, 0.1) is 5.82 Å². The molecule has 0 radical (unpaired) electrons. The third-order valence-corrected chi connectivity index (χ3v) is 4.65. The first-order valence-corrected chi connectivity index (χ1v) is 7.45. The second kappa shape index (κ2) is 4.08. The van der Waals surface area contributed by atoms with Gasteiger partial charge in [0.2, 0.25) is 9.30 Å². The van der Waals surface area contributed by atoms with Gasteiger partial charge in [-0.1, -0.05) is 23.5 Å². The van der Waals surface area contributed by atoms with E-state index in [0.29, 0.717) is 16.2 Å². The van der Waals surface area contributed by atoms with Crippen LogP contribution in [-0.2, 0) is 10.0 Å². The summed E-state index contributed by atoms with van der Waals surface area (Å²) in [6, 6.07) is 6.18. The number of imidazole rings is 1. The van der Waals surface area contributed by atoms with Crippen LogP contribution in [0.4, 0.5) is 4.39 Å². The van der Waals surface area contributed by atoms with E-state index < -0.39 is 15.8 Å². The minimum absolute atomic E-state index is 0.227. The Balaban J connectivity index is 2.14. The van der Waals surface area contributed by atoms with Crippen molar-refractivity contribution in [3.05, 3.63) is 36.3 Å². The molecule has 2 heterocycles. The molecular formula is C10H7FN4O2S2. The summed E-state index contributed by atoms with van der Waals surface area (Å²) in [5, 5.41) is 8.77. The predicted octanol–water partition coefficient (Wildman–Crippen LogP) is 1.24. The molecule has 0 saturated carbocycles. The lowest BCUT2D eigenvalue weighted by atomic mass is 10.1. The smallest absolute Gasteiger partial charge is 0.223 e. The zero-order valence-corrected chi connectivity index (χ0v) is 10.9. The molecule has 98 valence electrons. The number of rotatable bonds is 2. The minimum atomic E-state index is -3.85. The highest BCUT2D eigenvalue weighted by Gasteiger charge is 2.17. The van der Waals surface area contributed by atoms with E-state index in [2.05, 4.69) is 10.1 Å². The van der Waals surface area contributed by atoms with Crippen molar-refractivity contribution in [1.29, 1.82) is 0 Å². The third kappa shape index (κ3) is 2.11. The summed E-state index contributed by atoms with van der Waals surface area (Å²) < 4.78 is 36.9. The summed E-state index contributed by atoms with van der Waals surface area (Å²) in [5.41, 5.74) is 0.718. The maximum atomic E-state index is 13.6. The van der Waals surface area contributed by atoms with Gasteiger partial charge < -0.3 is 0 Å². The fraction of sp³-hybridized carbons (Fsp3) is 0. The molecule has 0 bridgehead atoms. The molecule has 0 spiro atoms. The fourth-order valence-corrected chi connectivity index (χ4v) is 3.10. The molecule has 3 aromatic rings. The lowest BCUT2D eigenvalue weighted by Crippen LogP contribution is -2.12. The molecule has 2 N–H and O–H groups in total. The number of halogens is 1. The monoisotopic (exact) mass is 298 g/mol. The Hall–Kier alpha value is -1.84. The van der Waals surface area contributed by atoms with Crippen molar-refractivity contribution in [1.82, 2.24) is 14.6 Å². The molecule has 2 aromatic heterocycles. The summed E-state index contributed by atoms with van der Waals surface area (Å²) in [5.74, 6) is -0.403. The molecule has 19 heavy (non-hydrogen) atoms. The number of hydrogen-bond acceptors (Lipinski definition) is 5. The molecule has 0 aliphatic rings. The van der Waals surface area contributed by atoms with E-state index in [1.807, 2.05) is 0 Å². The van der Waals surface area contributed by atoms with E-state index >= 15 is 0 Å². The zero-order chi connectivity index (χ0) is 13.6. The number of nitrogens with zero attached hydrogens (tertiary/aromatic N) is 3. The number of hydrogen-bond donors (Lipinski definition) is 1. The highest BCUT2D eigenvalue weighted by molar-refractivity contribution is 7.91. The first kappa shape index (κ1) is 12.2. The fourth-order valence-electron chi connectivity index (χ4n) is 1.60. The van der Waals surface area contributed by atoms with Crippen LogP contribution in [-0.4, -0.2) is 23.0 Å². The summed E-state index contributed by atoms with van der Waals surface area (Å²) in [6.45, 7) is 0. The van der Waals surface area contributed by atoms with Gasteiger partial charge in [0.25, 0.3) is 10.0 Å². The average molecular weight is 298 g/mol. The number of benzene rings is 1. The quantitative estimate of drug-likeness (QED) is 0.770. The average Bonchev–Trinajstić information content (AvgIpc) is 2.86. The van der Waals surface area contributed by atoms with Crippen molar-refractivity contribution in [2.75, 3.05) is 0 Å². The van der Waals surface area contributed by atoms with Gasteiger partial charge in [0.1, 0.15) is 5.82 Å². The Kier molecular flexibility index (Phi) is 2.62. The molecular weight excluding hydrogens is 291 g/mol. The molecule has 1 aromatic carbocycles. The van der Waals surface area contributed by atoms with E-state index in [0.717, 1.165) is 11.3 Å². The molecule has 9 heteroatoms. The van der Waals surface area contributed by atoms with Crippen molar-refractivity contribution in [2.45, 2.75) is 4.34 Å². The van der Waals surface area contributed by atoms with Crippen molar-refractivity contribution < 1.29 is 12.8 Å². The number of primary sulfonamides is 1. The molecule has 0 atom stereocenters. The molecule has 3 rings (SSSR count). The lowest BCUT2D eigenvalue weighted by molar-refractivity contribution is 0.595.